The van der Waals surface area contributed by atoms with Crippen molar-refractivity contribution in [2.75, 3.05) is 12.8 Å². The Balaban J connectivity index is 3.10. The molecule has 0 amide bonds. The third-order valence-corrected chi connectivity index (χ3v) is 3.08. The van der Waals surface area contributed by atoms with Crippen LogP contribution in [0.15, 0.2) is 0 Å². The van der Waals surface area contributed by atoms with Crippen LogP contribution in [0.5, 0.6) is 0 Å². The monoisotopic (exact) mass is 239 g/mol. The predicted molar refractivity (Wildman–Crippen MR) is 71.2 cm³/mol. The summed E-state index contributed by atoms with van der Waals surface area (Å²) in [5.41, 5.74) is 6.91. The first-order valence-electron chi connectivity index (χ1n) is 6.23. The number of anilines is 1. The van der Waals surface area contributed by atoms with Crippen molar-refractivity contribution in [2.45, 2.75) is 59.1 Å². The highest BCUT2D eigenvalue weighted by molar-refractivity contribution is 5.39. The average Bonchev–Trinajstić information content (AvgIpc) is 2.55. The van der Waals surface area contributed by atoms with Gasteiger partial charge in [0.2, 0.25) is 0 Å². The Hall–Kier alpha value is -1.03. The minimum absolute atomic E-state index is 0.227. The Kier molecular flexibility index (Phi) is 4.20. The van der Waals surface area contributed by atoms with Crippen LogP contribution < -0.4 is 5.73 Å². The fraction of sp³-hybridized carbons (Fsp3) is 0.769. The van der Waals surface area contributed by atoms with E-state index in [4.69, 9.17) is 10.5 Å². The molecule has 0 spiro atoms. The quantitative estimate of drug-likeness (QED) is 0.859. The molecule has 0 aromatic carbocycles. The van der Waals surface area contributed by atoms with Crippen LogP contribution in [0.1, 0.15) is 52.2 Å². The Morgan fingerprint density at radius 3 is 2.35 bits per heavy atom. The third-order valence-electron chi connectivity index (χ3n) is 3.08. The zero-order chi connectivity index (χ0) is 13.2. The number of rotatable bonds is 5. The summed E-state index contributed by atoms with van der Waals surface area (Å²) in [6, 6.07) is 0.344. The van der Waals surface area contributed by atoms with E-state index in [1.807, 2.05) is 13.8 Å². The highest BCUT2D eigenvalue weighted by Gasteiger charge is 2.23. The maximum absolute atomic E-state index is 6.19. The largest absolute Gasteiger partial charge is 0.384 e. The summed E-state index contributed by atoms with van der Waals surface area (Å²) >= 11 is 0. The molecule has 0 saturated carbocycles. The van der Waals surface area contributed by atoms with E-state index in [0.717, 1.165) is 30.2 Å². The van der Waals surface area contributed by atoms with Crippen molar-refractivity contribution in [3.63, 3.8) is 0 Å². The molecule has 0 aliphatic carbocycles. The number of hydrogen-bond donors (Lipinski definition) is 1. The minimum Gasteiger partial charge on any atom is -0.384 e. The molecule has 1 heterocycles. The first kappa shape index (κ1) is 14.0. The summed E-state index contributed by atoms with van der Waals surface area (Å²) in [4.78, 5) is 4.64. The minimum atomic E-state index is -0.227. The molecule has 0 aliphatic rings. The fourth-order valence-corrected chi connectivity index (χ4v) is 1.98. The normalized spacial score (nSPS) is 12.4. The van der Waals surface area contributed by atoms with E-state index >= 15 is 0 Å². The molecule has 0 bridgehead atoms. The van der Waals surface area contributed by atoms with Crippen LogP contribution >= 0.6 is 0 Å². The number of ether oxygens (including phenoxy) is 1. The lowest BCUT2D eigenvalue weighted by Crippen LogP contribution is -2.26. The van der Waals surface area contributed by atoms with Gasteiger partial charge in [-0.25, -0.2) is 4.98 Å². The van der Waals surface area contributed by atoms with Gasteiger partial charge in [0, 0.05) is 26.0 Å². The van der Waals surface area contributed by atoms with Crippen molar-refractivity contribution in [3.8, 4) is 0 Å². The highest BCUT2D eigenvalue weighted by Crippen LogP contribution is 2.25. The van der Waals surface area contributed by atoms with Crippen molar-refractivity contribution >= 4 is 5.82 Å². The van der Waals surface area contributed by atoms with Gasteiger partial charge in [0.1, 0.15) is 11.6 Å². The smallest absolute Gasteiger partial charge is 0.127 e. The van der Waals surface area contributed by atoms with E-state index in [-0.39, 0.29) is 5.60 Å². The van der Waals surface area contributed by atoms with E-state index < -0.39 is 0 Å². The molecule has 2 N–H and O–H groups in total. The molecule has 0 fully saturated rings. The highest BCUT2D eigenvalue weighted by atomic mass is 16.5. The fourth-order valence-electron chi connectivity index (χ4n) is 1.98. The molecule has 4 nitrogen and oxygen atoms in total. The van der Waals surface area contributed by atoms with Crippen LogP contribution in [0.3, 0.4) is 0 Å². The van der Waals surface area contributed by atoms with E-state index in [1.54, 1.807) is 7.11 Å². The molecular weight excluding hydrogens is 214 g/mol. The van der Waals surface area contributed by atoms with Crippen molar-refractivity contribution < 1.29 is 4.74 Å². The molecule has 4 heteroatoms. The van der Waals surface area contributed by atoms with Crippen LogP contribution in [-0.2, 0) is 17.6 Å². The first-order valence-corrected chi connectivity index (χ1v) is 6.23. The SMILES string of the molecule is CCc1nc(CC(C)(C)OC)c(N)n1C(C)C. The first-order chi connectivity index (χ1) is 7.82. The summed E-state index contributed by atoms with van der Waals surface area (Å²) in [6.45, 7) is 10.5. The van der Waals surface area contributed by atoms with Gasteiger partial charge in [0.25, 0.3) is 0 Å². The zero-order valence-electron chi connectivity index (χ0n) is 11.9. The molecule has 0 aliphatic heterocycles. The lowest BCUT2D eigenvalue weighted by Gasteiger charge is -2.22. The van der Waals surface area contributed by atoms with E-state index in [1.165, 1.54) is 0 Å². The number of nitrogen functional groups attached to an aromatic ring is 1. The van der Waals surface area contributed by atoms with Crippen LogP contribution in [-0.4, -0.2) is 22.3 Å². The predicted octanol–water partition coefficient (Wildman–Crippen LogP) is 2.58. The Morgan fingerprint density at radius 2 is 2.00 bits per heavy atom. The number of aromatic nitrogens is 2. The summed E-state index contributed by atoms with van der Waals surface area (Å²) < 4.78 is 7.55. The molecular formula is C13H25N3O. The molecule has 1 rings (SSSR count). The lowest BCUT2D eigenvalue weighted by atomic mass is 10.0. The maximum atomic E-state index is 6.19. The van der Waals surface area contributed by atoms with Crippen LogP contribution in [0.2, 0.25) is 0 Å². The van der Waals surface area contributed by atoms with Gasteiger partial charge in [-0.3, -0.25) is 0 Å². The summed E-state index contributed by atoms with van der Waals surface area (Å²) in [6.07, 6.45) is 1.64. The standard InChI is InChI=1S/C13H25N3O/c1-7-11-15-10(8-13(4,5)17-6)12(14)16(11)9(2)3/h9H,7-8,14H2,1-6H3. The van der Waals surface area contributed by atoms with Crippen molar-refractivity contribution in [1.29, 1.82) is 0 Å². The second kappa shape index (κ2) is 5.08. The van der Waals surface area contributed by atoms with Gasteiger partial charge < -0.3 is 15.0 Å². The number of nitrogens with two attached hydrogens (primary N) is 1. The third kappa shape index (κ3) is 3.00. The molecule has 0 radical (unpaired) electrons. The molecule has 1 aromatic rings. The summed E-state index contributed by atoms with van der Waals surface area (Å²) in [5, 5.41) is 0. The Bertz CT molecular complexity index is 380. The Morgan fingerprint density at radius 1 is 1.41 bits per heavy atom. The molecule has 1 aromatic heterocycles. The van der Waals surface area contributed by atoms with Gasteiger partial charge in [-0.05, 0) is 27.7 Å². The lowest BCUT2D eigenvalue weighted by molar-refractivity contribution is 0.0226. The number of aryl methyl sites for hydroxylation is 1. The molecule has 0 atom stereocenters. The van der Waals surface area contributed by atoms with Crippen LogP contribution in [0.4, 0.5) is 5.82 Å². The van der Waals surface area contributed by atoms with Crippen molar-refractivity contribution in [1.82, 2.24) is 9.55 Å². The van der Waals surface area contributed by atoms with E-state index in [2.05, 4.69) is 30.3 Å². The van der Waals surface area contributed by atoms with Crippen molar-refractivity contribution in [3.05, 3.63) is 11.5 Å². The number of nitrogens with zero attached hydrogens (tertiary/aromatic N) is 2. The molecule has 17 heavy (non-hydrogen) atoms. The second-order valence-corrected chi connectivity index (χ2v) is 5.32. The number of methoxy groups -OCH3 is 1. The summed E-state index contributed by atoms with van der Waals surface area (Å²) in [7, 11) is 1.72. The maximum Gasteiger partial charge on any atom is 0.127 e. The van der Waals surface area contributed by atoms with E-state index in [9.17, 15) is 0 Å². The topological polar surface area (TPSA) is 53.1 Å². The number of imidazole rings is 1. The Labute approximate surface area is 104 Å². The zero-order valence-corrected chi connectivity index (χ0v) is 11.9. The molecule has 0 saturated heterocycles. The van der Waals surface area contributed by atoms with Crippen LogP contribution in [0, 0.1) is 0 Å². The van der Waals surface area contributed by atoms with Gasteiger partial charge in [-0.15, -0.1) is 0 Å². The van der Waals surface area contributed by atoms with Gasteiger partial charge in [-0.1, -0.05) is 6.92 Å². The summed E-state index contributed by atoms with van der Waals surface area (Å²) in [5.74, 6) is 1.83. The average molecular weight is 239 g/mol. The molecule has 0 unspecified atom stereocenters. The second-order valence-electron chi connectivity index (χ2n) is 5.32. The molecule has 98 valence electrons. The van der Waals surface area contributed by atoms with Gasteiger partial charge in [0.05, 0.1) is 11.3 Å². The van der Waals surface area contributed by atoms with Gasteiger partial charge in [0.15, 0.2) is 0 Å². The van der Waals surface area contributed by atoms with E-state index in [0.29, 0.717) is 6.04 Å². The number of hydrogen-bond acceptors (Lipinski definition) is 3. The van der Waals surface area contributed by atoms with Crippen molar-refractivity contribution in [2.24, 2.45) is 0 Å². The van der Waals surface area contributed by atoms with Gasteiger partial charge in [-0.2, -0.15) is 0 Å². The van der Waals surface area contributed by atoms with Gasteiger partial charge >= 0.3 is 0 Å². The van der Waals surface area contributed by atoms with Crippen LogP contribution in [0.25, 0.3) is 0 Å².